The first-order valence-electron chi connectivity index (χ1n) is 5.17. The predicted octanol–water partition coefficient (Wildman–Crippen LogP) is 5.61. The first-order chi connectivity index (χ1) is 9.09. The van der Waals surface area contributed by atoms with Crippen LogP contribution < -0.4 is 0 Å². The molecule has 1 rings (SSSR count). The highest BCUT2D eigenvalue weighted by Gasteiger charge is 2.26. The minimum absolute atomic E-state index is 0.0517. The molecule has 0 aliphatic heterocycles. The summed E-state index contributed by atoms with van der Waals surface area (Å²) < 4.78 is 23.9. The van der Waals surface area contributed by atoms with Crippen LogP contribution in [0.5, 0.6) is 0 Å². The highest BCUT2D eigenvalue weighted by molar-refractivity contribution is 7.97. The summed E-state index contributed by atoms with van der Waals surface area (Å²) in [5.74, 6) is 0. The monoisotopic (exact) mass is 392 g/mol. The van der Waals surface area contributed by atoms with E-state index >= 15 is 0 Å². The highest BCUT2D eigenvalue weighted by atomic mass is 35.5. The Bertz CT molecular complexity index is 701. The summed E-state index contributed by atoms with van der Waals surface area (Å²) in [7, 11) is -3.99. The zero-order valence-electron chi connectivity index (χ0n) is 10.3. The van der Waals surface area contributed by atoms with Crippen molar-refractivity contribution in [2.24, 2.45) is 0 Å². The molecule has 8 heteroatoms. The lowest BCUT2D eigenvalue weighted by Gasteiger charge is -2.09. The Hall–Kier alpha value is 0.1000. The van der Waals surface area contributed by atoms with Gasteiger partial charge in [0.25, 0.3) is 0 Å². The fourth-order valence-corrected chi connectivity index (χ4v) is 3.97. The largest absolute Gasteiger partial charge is 0.219 e. The fraction of sp³-hybridized carbons (Fsp3) is 0.167. The number of allylic oxidation sites excluding steroid dienone is 2. The number of benzene rings is 1. The number of hydrogen-bond acceptors (Lipinski definition) is 2. The van der Waals surface area contributed by atoms with Gasteiger partial charge in [0.05, 0.1) is 15.0 Å². The maximum atomic E-state index is 12.4. The maximum Gasteiger partial charge on any atom is 0.219 e. The Morgan fingerprint density at radius 2 is 1.50 bits per heavy atom. The molecule has 0 radical (unpaired) electrons. The molecule has 2 nitrogen and oxygen atoms in total. The standard InChI is InChI=1S/C12H9Cl5O2S/c1-6-3-4-7(2)8(5-6)20(18,19)12(17)10(14)9(13)11(15)16/h3-5H,1-2H3. The van der Waals surface area contributed by atoms with Crippen LogP contribution in [-0.4, -0.2) is 8.42 Å². The zero-order chi connectivity index (χ0) is 15.7. The van der Waals surface area contributed by atoms with Crippen molar-refractivity contribution in [3.8, 4) is 0 Å². The van der Waals surface area contributed by atoms with Crippen molar-refractivity contribution in [3.63, 3.8) is 0 Å². The van der Waals surface area contributed by atoms with E-state index in [0.29, 0.717) is 5.56 Å². The smallest absolute Gasteiger partial charge is 0.218 e. The highest BCUT2D eigenvalue weighted by Crippen LogP contribution is 2.36. The van der Waals surface area contributed by atoms with Crippen molar-refractivity contribution in [1.82, 2.24) is 0 Å². The summed E-state index contributed by atoms with van der Waals surface area (Å²) in [6.07, 6.45) is 0. The van der Waals surface area contributed by atoms with E-state index in [9.17, 15) is 8.42 Å². The Labute approximate surface area is 142 Å². The molecule has 0 aromatic heterocycles. The first-order valence-corrected chi connectivity index (χ1v) is 8.55. The lowest BCUT2D eigenvalue weighted by atomic mass is 10.2. The second-order valence-corrected chi connectivity index (χ2v) is 8.10. The van der Waals surface area contributed by atoms with Crippen molar-refractivity contribution < 1.29 is 8.42 Å². The Morgan fingerprint density at radius 3 is 2.00 bits per heavy atom. The summed E-state index contributed by atoms with van der Waals surface area (Å²) in [5, 5.41) is -0.747. The molecule has 0 atom stereocenters. The first kappa shape index (κ1) is 18.1. The predicted molar refractivity (Wildman–Crippen MR) is 86.4 cm³/mol. The van der Waals surface area contributed by atoms with Gasteiger partial charge in [-0.15, -0.1) is 0 Å². The molecule has 0 amide bonds. The summed E-state index contributed by atoms with van der Waals surface area (Å²) in [6, 6.07) is 4.96. The van der Waals surface area contributed by atoms with Gasteiger partial charge in [-0.1, -0.05) is 70.1 Å². The summed E-state index contributed by atoms with van der Waals surface area (Å²) in [5.41, 5.74) is 1.31. The third-order valence-electron chi connectivity index (χ3n) is 2.40. The minimum Gasteiger partial charge on any atom is -0.218 e. The van der Waals surface area contributed by atoms with E-state index in [1.165, 1.54) is 6.07 Å². The molecule has 110 valence electrons. The van der Waals surface area contributed by atoms with Crippen molar-refractivity contribution in [2.75, 3.05) is 0 Å². The van der Waals surface area contributed by atoms with Gasteiger partial charge in [-0.25, -0.2) is 8.42 Å². The van der Waals surface area contributed by atoms with Gasteiger partial charge in [-0.05, 0) is 31.0 Å². The van der Waals surface area contributed by atoms with Crippen LogP contribution >= 0.6 is 58.0 Å². The second-order valence-electron chi connectivity index (χ2n) is 3.93. The molecule has 0 aliphatic carbocycles. The second kappa shape index (κ2) is 6.91. The molecule has 1 aromatic carbocycles. The van der Waals surface area contributed by atoms with Crippen LogP contribution in [0.3, 0.4) is 0 Å². The van der Waals surface area contributed by atoms with Gasteiger partial charge in [0.1, 0.15) is 4.49 Å². The molecule has 0 saturated carbocycles. The molecule has 0 heterocycles. The van der Waals surface area contributed by atoms with Crippen molar-refractivity contribution >= 4 is 67.8 Å². The number of halogens is 5. The van der Waals surface area contributed by atoms with E-state index in [-0.39, 0.29) is 14.4 Å². The zero-order valence-corrected chi connectivity index (χ0v) is 14.9. The third-order valence-corrected chi connectivity index (χ3v) is 6.53. The normalized spacial score (nSPS) is 12.9. The van der Waals surface area contributed by atoms with Crippen molar-refractivity contribution in [1.29, 1.82) is 0 Å². The number of aryl methyl sites for hydroxylation is 2. The molecule has 0 aliphatic rings. The summed E-state index contributed by atoms with van der Waals surface area (Å²) in [4.78, 5) is 0.0517. The Kier molecular flexibility index (Phi) is 6.27. The van der Waals surface area contributed by atoms with Crippen molar-refractivity contribution in [2.45, 2.75) is 18.7 Å². The molecular formula is C12H9Cl5O2S. The van der Waals surface area contributed by atoms with Crippen LogP contribution in [0, 0.1) is 13.8 Å². The molecule has 20 heavy (non-hydrogen) atoms. The lowest BCUT2D eigenvalue weighted by molar-refractivity contribution is 0.603. The Balaban J connectivity index is 3.56. The van der Waals surface area contributed by atoms with E-state index in [1.807, 2.05) is 0 Å². The van der Waals surface area contributed by atoms with E-state index in [1.54, 1.807) is 26.0 Å². The van der Waals surface area contributed by atoms with Gasteiger partial charge in [-0.2, -0.15) is 0 Å². The number of hydrogen-bond donors (Lipinski definition) is 0. The van der Waals surface area contributed by atoms with Gasteiger partial charge in [0.2, 0.25) is 9.84 Å². The topological polar surface area (TPSA) is 34.1 Å². The average Bonchev–Trinajstić information content (AvgIpc) is 2.38. The van der Waals surface area contributed by atoms with Crippen LogP contribution in [-0.2, 0) is 9.84 Å². The van der Waals surface area contributed by atoms with E-state index in [0.717, 1.165) is 5.56 Å². The molecule has 1 aromatic rings. The van der Waals surface area contributed by atoms with E-state index < -0.39 is 19.2 Å². The lowest BCUT2D eigenvalue weighted by Crippen LogP contribution is -2.05. The molecule has 0 unspecified atom stereocenters. The van der Waals surface area contributed by atoms with Gasteiger partial charge in [-0.3, -0.25) is 0 Å². The molecule has 0 N–H and O–H groups in total. The van der Waals surface area contributed by atoms with Gasteiger partial charge in [0, 0.05) is 0 Å². The molecule has 0 bridgehead atoms. The van der Waals surface area contributed by atoms with Gasteiger partial charge < -0.3 is 0 Å². The average molecular weight is 395 g/mol. The SMILES string of the molecule is Cc1ccc(C)c(S(=O)(=O)C(Cl)=C(Cl)C(Cl)=C(Cl)Cl)c1. The fourth-order valence-electron chi connectivity index (χ4n) is 1.38. The maximum absolute atomic E-state index is 12.4. The van der Waals surface area contributed by atoms with Crippen LogP contribution in [0.25, 0.3) is 0 Å². The van der Waals surface area contributed by atoms with Crippen LogP contribution in [0.2, 0.25) is 0 Å². The van der Waals surface area contributed by atoms with E-state index in [2.05, 4.69) is 0 Å². The summed E-state index contributed by atoms with van der Waals surface area (Å²) in [6.45, 7) is 3.41. The molecule has 0 saturated heterocycles. The molecule has 0 fully saturated rings. The Morgan fingerprint density at radius 1 is 0.950 bits per heavy atom. The summed E-state index contributed by atoms with van der Waals surface area (Å²) >= 11 is 28.3. The number of sulfone groups is 1. The minimum atomic E-state index is -3.99. The van der Waals surface area contributed by atoms with Crippen LogP contribution in [0.15, 0.2) is 42.0 Å². The van der Waals surface area contributed by atoms with Crippen molar-refractivity contribution in [3.05, 3.63) is 48.2 Å². The van der Waals surface area contributed by atoms with Crippen LogP contribution in [0.1, 0.15) is 11.1 Å². The quantitative estimate of drug-likeness (QED) is 0.625. The van der Waals surface area contributed by atoms with E-state index in [4.69, 9.17) is 58.0 Å². The van der Waals surface area contributed by atoms with Gasteiger partial charge >= 0.3 is 0 Å². The molecular weight excluding hydrogens is 385 g/mol. The van der Waals surface area contributed by atoms with Crippen LogP contribution in [0.4, 0.5) is 0 Å². The third kappa shape index (κ3) is 3.85. The molecule has 0 spiro atoms. The number of rotatable bonds is 3. The van der Waals surface area contributed by atoms with Gasteiger partial charge in [0.15, 0.2) is 4.36 Å².